The van der Waals surface area contributed by atoms with Crippen molar-refractivity contribution in [1.29, 1.82) is 0 Å². The molecule has 0 nitrogen and oxygen atoms in total. The predicted molar refractivity (Wildman–Crippen MR) is 56.3 cm³/mol. The van der Waals surface area contributed by atoms with Gasteiger partial charge in [0.15, 0.2) is 0 Å². The molecule has 0 aliphatic heterocycles. The Balaban J connectivity index is 2.51. The molecule has 1 aromatic carbocycles. The van der Waals surface area contributed by atoms with E-state index >= 15 is 0 Å². The molecule has 0 amide bonds. The number of hydrogen-bond acceptors (Lipinski definition) is 1. The summed E-state index contributed by atoms with van der Waals surface area (Å²) < 4.78 is 0. The Labute approximate surface area is 78.7 Å². The van der Waals surface area contributed by atoms with Gasteiger partial charge in [0.25, 0.3) is 0 Å². The van der Waals surface area contributed by atoms with Crippen molar-refractivity contribution in [2.45, 2.75) is 19.3 Å². The first-order valence-corrected chi connectivity index (χ1v) is 4.85. The van der Waals surface area contributed by atoms with Crippen molar-refractivity contribution in [3.63, 3.8) is 0 Å². The van der Waals surface area contributed by atoms with Crippen molar-refractivity contribution in [1.82, 2.24) is 0 Å². The van der Waals surface area contributed by atoms with Gasteiger partial charge in [0.2, 0.25) is 0 Å². The van der Waals surface area contributed by atoms with E-state index < -0.39 is 0 Å². The van der Waals surface area contributed by atoms with E-state index in [4.69, 9.17) is 0 Å². The molecule has 0 spiro atoms. The van der Waals surface area contributed by atoms with Crippen molar-refractivity contribution in [2.75, 3.05) is 0 Å². The van der Waals surface area contributed by atoms with Gasteiger partial charge in [-0.15, -0.1) is 0 Å². The van der Waals surface area contributed by atoms with Crippen LogP contribution in [-0.2, 0) is 6.42 Å². The van der Waals surface area contributed by atoms with Crippen molar-refractivity contribution in [2.24, 2.45) is 0 Å². The fourth-order valence-electron chi connectivity index (χ4n) is 1.79. The zero-order chi connectivity index (χ0) is 8.39. The van der Waals surface area contributed by atoms with Crippen molar-refractivity contribution in [3.05, 3.63) is 40.8 Å². The lowest BCUT2D eigenvalue weighted by atomic mass is 9.88. The van der Waals surface area contributed by atoms with Gasteiger partial charge in [-0.05, 0) is 41.4 Å². The summed E-state index contributed by atoms with van der Waals surface area (Å²) in [4.78, 5) is 0. The number of thiol groups is 1. The third-order valence-corrected chi connectivity index (χ3v) is 2.72. The second-order valence-corrected chi connectivity index (χ2v) is 3.42. The van der Waals surface area contributed by atoms with Crippen LogP contribution in [0.15, 0.2) is 29.7 Å². The summed E-state index contributed by atoms with van der Waals surface area (Å²) in [5.74, 6) is 0. The van der Waals surface area contributed by atoms with E-state index in [0.29, 0.717) is 0 Å². The minimum atomic E-state index is 1.18. The van der Waals surface area contributed by atoms with Crippen LogP contribution in [0.5, 0.6) is 0 Å². The Bertz CT molecular complexity index is 313. The van der Waals surface area contributed by atoms with Gasteiger partial charge in [0.1, 0.15) is 0 Å². The van der Waals surface area contributed by atoms with Crippen molar-refractivity contribution < 1.29 is 0 Å². The molecule has 0 saturated heterocycles. The maximum Gasteiger partial charge on any atom is -0.0187 e. The van der Waals surface area contributed by atoms with Gasteiger partial charge < -0.3 is 0 Å². The van der Waals surface area contributed by atoms with Gasteiger partial charge in [-0.3, -0.25) is 0 Å². The second-order valence-electron chi connectivity index (χ2n) is 3.17. The molecule has 62 valence electrons. The maximum atomic E-state index is 4.23. The molecule has 1 aromatic rings. The van der Waals surface area contributed by atoms with Gasteiger partial charge in [-0.1, -0.05) is 24.3 Å². The molecule has 0 saturated carbocycles. The number of rotatable bonds is 0. The van der Waals surface area contributed by atoms with Crippen LogP contribution in [0.25, 0.3) is 5.57 Å². The Morgan fingerprint density at radius 3 is 2.83 bits per heavy atom. The number of fused-ring (bicyclic) bond motifs is 1. The van der Waals surface area contributed by atoms with Crippen LogP contribution < -0.4 is 0 Å². The minimum absolute atomic E-state index is 1.18. The zero-order valence-corrected chi connectivity index (χ0v) is 7.85. The molecule has 2 rings (SSSR count). The van der Waals surface area contributed by atoms with Gasteiger partial charge >= 0.3 is 0 Å². The molecule has 0 heterocycles. The molecule has 1 aliphatic carbocycles. The topological polar surface area (TPSA) is 0 Å². The van der Waals surface area contributed by atoms with Crippen LogP contribution in [0.2, 0.25) is 0 Å². The second kappa shape index (κ2) is 3.36. The molecule has 0 unspecified atom stereocenters. The van der Waals surface area contributed by atoms with E-state index in [1.807, 2.05) is 5.41 Å². The largest absolute Gasteiger partial charge is 0.151 e. The van der Waals surface area contributed by atoms with Crippen LogP contribution in [0.1, 0.15) is 24.0 Å². The van der Waals surface area contributed by atoms with E-state index in [0.717, 1.165) is 0 Å². The standard InChI is InChI=1S/C11H12S/c12-8-10-6-3-5-9-4-1-2-7-11(9)10/h1-2,4,7-8,12H,3,5-6H2. The summed E-state index contributed by atoms with van der Waals surface area (Å²) in [6, 6.07) is 8.62. The van der Waals surface area contributed by atoms with Crippen molar-refractivity contribution >= 4 is 18.2 Å². The summed E-state index contributed by atoms with van der Waals surface area (Å²) in [6.45, 7) is 0. The smallest absolute Gasteiger partial charge is 0.0187 e. The molecule has 0 fully saturated rings. The first-order valence-electron chi connectivity index (χ1n) is 4.33. The van der Waals surface area contributed by atoms with Crippen LogP contribution in [-0.4, -0.2) is 0 Å². The normalized spacial score (nSPS) is 19.2. The average Bonchev–Trinajstić information content (AvgIpc) is 2.17. The molecule has 0 aromatic heterocycles. The Hall–Kier alpha value is -0.690. The van der Waals surface area contributed by atoms with Gasteiger partial charge in [-0.25, -0.2) is 0 Å². The minimum Gasteiger partial charge on any atom is -0.151 e. The Kier molecular flexibility index (Phi) is 2.22. The molecular formula is C11H12S. The Morgan fingerprint density at radius 1 is 1.17 bits per heavy atom. The third-order valence-electron chi connectivity index (χ3n) is 2.41. The van der Waals surface area contributed by atoms with Crippen LogP contribution in [0.3, 0.4) is 0 Å². The van der Waals surface area contributed by atoms with E-state index in [9.17, 15) is 0 Å². The number of hydrogen-bond donors (Lipinski definition) is 1. The summed E-state index contributed by atoms with van der Waals surface area (Å²) in [5.41, 5.74) is 4.27. The molecule has 1 aliphatic rings. The van der Waals surface area contributed by atoms with E-state index in [-0.39, 0.29) is 0 Å². The summed E-state index contributed by atoms with van der Waals surface area (Å²) in [6.07, 6.45) is 3.67. The van der Waals surface area contributed by atoms with Crippen molar-refractivity contribution in [3.8, 4) is 0 Å². The lowest BCUT2D eigenvalue weighted by molar-refractivity contribution is 0.823. The first-order chi connectivity index (χ1) is 5.92. The SMILES string of the molecule is SC=C1CCCc2ccccc21. The summed E-state index contributed by atoms with van der Waals surface area (Å²) in [5, 5.41) is 1.94. The van der Waals surface area contributed by atoms with Gasteiger partial charge in [0.05, 0.1) is 0 Å². The molecule has 0 bridgehead atoms. The fourth-order valence-corrected chi connectivity index (χ4v) is 2.06. The highest BCUT2D eigenvalue weighted by Gasteiger charge is 2.11. The number of aryl methyl sites for hydroxylation is 1. The molecule has 0 N–H and O–H groups in total. The van der Waals surface area contributed by atoms with Gasteiger partial charge in [-0.2, -0.15) is 12.6 Å². The van der Waals surface area contributed by atoms with Crippen LogP contribution in [0, 0.1) is 0 Å². The summed E-state index contributed by atoms with van der Waals surface area (Å²) in [7, 11) is 0. The summed E-state index contributed by atoms with van der Waals surface area (Å²) >= 11 is 4.23. The van der Waals surface area contributed by atoms with E-state index in [2.05, 4.69) is 36.9 Å². The zero-order valence-electron chi connectivity index (χ0n) is 6.96. The highest BCUT2D eigenvalue weighted by Crippen LogP contribution is 2.30. The van der Waals surface area contributed by atoms with Crippen LogP contribution >= 0.6 is 12.6 Å². The quantitative estimate of drug-likeness (QED) is 0.576. The monoisotopic (exact) mass is 176 g/mol. The predicted octanol–water partition coefficient (Wildman–Crippen LogP) is 3.29. The van der Waals surface area contributed by atoms with E-state index in [1.54, 1.807) is 0 Å². The molecular weight excluding hydrogens is 164 g/mol. The van der Waals surface area contributed by atoms with Crippen LogP contribution in [0.4, 0.5) is 0 Å². The number of benzene rings is 1. The highest BCUT2D eigenvalue weighted by molar-refractivity contribution is 7.83. The maximum absolute atomic E-state index is 4.23. The first kappa shape index (κ1) is 7.93. The number of allylic oxidation sites excluding steroid dienone is 1. The lowest BCUT2D eigenvalue weighted by Crippen LogP contribution is -2.00. The molecule has 0 radical (unpaired) electrons. The van der Waals surface area contributed by atoms with Gasteiger partial charge in [0, 0.05) is 0 Å². The molecule has 1 heteroatoms. The average molecular weight is 176 g/mol. The third kappa shape index (κ3) is 1.29. The molecule has 0 atom stereocenters. The lowest BCUT2D eigenvalue weighted by Gasteiger charge is -2.17. The highest BCUT2D eigenvalue weighted by atomic mass is 32.1. The molecule has 12 heavy (non-hydrogen) atoms. The Morgan fingerprint density at radius 2 is 2.00 bits per heavy atom. The van der Waals surface area contributed by atoms with E-state index in [1.165, 1.54) is 36.0 Å². The fraction of sp³-hybridized carbons (Fsp3) is 0.273.